The largest absolute Gasteiger partial charge is 0.378 e. The van der Waals surface area contributed by atoms with Gasteiger partial charge in [-0.05, 0) is 79.5 Å². The molecule has 6 heteroatoms. The number of benzene rings is 1. The quantitative estimate of drug-likeness (QED) is 0.379. The molecule has 1 aromatic rings. The molecule has 0 bridgehead atoms. The topological polar surface area (TPSA) is 36.0 Å². The zero-order valence-electron chi connectivity index (χ0n) is 24.4. The fraction of sp³-hybridized carbons (Fsp3) is 0.774. The van der Waals surface area contributed by atoms with Crippen molar-refractivity contribution in [2.75, 3.05) is 62.2 Å². The number of carbonyl (C=O) groups is 1. The number of hydrogen-bond acceptors (Lipinski definition) is 5. The first-order chi connectivity index (χ1) is 17.1. The highest BCUT2D eigenvalue weighted by Gasteiger charge is 2.40. The van der Waals surface area contributed by atoms with Crippen LogP contribution < -0.4 is 9.80 Å². The molecule has 0 aromatic heterocycles. The molecule has 37 heavy (non-hydrogen) atoms. The Hall–Kier alpha value is -1.30. The lowest BCUT2D eigenvalue weighted by Gasteiger charge is -2.46. The second-order valence-corrected chi connectivity index (χ2v) is 13.2. The van der Waals surface area contributed by atoms with Crippen LogP contribution in [-0.2, 0) is 9.53 Å². The molecule has 2 saturated heterocycles. The normalized spacial score (nSPS) is 23.1. The van der Waals surface area contributed by atoms with E-state index in [1.807, 2.05) is 6.92 Å². The molecule has 210 valence electrons. The highest BCUT2D eigenvalue weighted by atomic mass is 35.5. The lowest BCUT2D eigenvalue weighted by atomic mass is 9.60. The van der Waals surface area contributed by atoms with Gasteiger partial charge in [-0.3, -0.25) is 9.69 Å². The van der Waals surface area contributed by atoms with E-state index in [0.29, 0.717) is 41.6 Å². The monoisotopic (exact) mass is 533 g/mol. The van der Waals surface area contributed by atoms with Gasteiger partial charge < -0.3 is 14.5 Å². The van der Waals surface area contributed by atoms with E-state index in [1.54, 1.807) is 5.56 Å². The summed E-state index contributed by atoms with van der Waals surface area (Å²) < 4.78 is 5.91. The van der Waals surface area contributed by atoms with E-state index in [-0.39, 0.29) is 12.4 Å². The number of ether oxygens (including phenoxy) is 1. The summed E-state index contributed by atoms with van der Waals surface area (Å²) in [6.45, 7) is 21.5. The van der Waals surface area contributed by atoms with Crippen LogP contribution in [0.5, 0.6) is 0 Å². The van der Waals surface area contributed by atoms with Gasteiger partial charge in [0.2, 0.25) is 0 Å². The number of piperidine rings is 1. The minimum Gasteiger partial charge on any atom is -0.378 e. The predicted octanol–water partition coefficient (Wildman–Crippen LogP) is 6.53. The van der Waals surface area contributed by atoms with Gasteiger partial charge in [-0.2, -0.15) is 0 Å². The van der Waals surface area contributed by atoms with Crippen molar-refractivity contribution in [3.05, 3.63) is 23.8 Å². The number of ketones is 1. The van der Waals surface area contributed by atoms with Crippen LogP contribution in [0, 0.1) is 10.8 Å². The molecule has 2 heterocycles. The van der Waals surface area contributed by atoms with Crippen molar-refractivity contribution in [1.29, 1.82) is 0 Å². The Labute approximate surface area is 232 Å². The number of anilines is 2. The van der Waals surface area contributed by atoms with Crippen molar-refractivity contribution in [2.45, 2.75) is 92.1 Å². The van der Waals surface area contributed by atoms with Crippen LogP contribution in [0.3, 0.4) is 0 Å². The Bertz CT molecular complexity index is 870. The van der Waals surface area contributed by atoms with Gasteiger partial charge in [0.15, 0.2) is 0 Å². The maximum Gasteiger partial charge on any atom is 0.146 e. The van der Waals surface area contributed by atoms with Gasteiger partial charge >= 0.3 is 0 Å². The van der Waals surface area contributed by atoms with Crippen LogP contribution in [0.2, 0.25) is 0 Å². The van der Waals surface area contributed by atoms with Crippen LogP contribution in [0.1, 0.15) is 91.5 Å². The molecule has 1 aliphatic carbocycles. The molecule has 1 aromatic carbocycles. The SMILES string of the molecule is CCOC1CCN(c2ccc(N3CCN(CC(=O)CC)CC3)c(C3CC(C)(C)CC(C)(C)C3)c2)CC1.Cl. The predicted molar refractivity (Wildman–Crippen MR) is 159 cm³/mol. The molecule has 4 rings (SSSR count). The average Bonchev–Trinajstić information content (AvgIpc) is 2.83. The third kappa shape index (κ3) is 7.86. The summed E-state index contributed by atoms with van der Waals surface area (Å²) >= 11 is 0. The third-order valence-corrected chi connectivity index (χ3v) is 8.72. The van der Waals surface area contributed by atoms with Crippen molar-refractivity contribution in [3.63, 3.8) is 0 Å². The Balaban J connectivity index is 0.00000380. The summed E-state index contributed by atoms with van der Waals surface area (Å²) in [5.74, 6) is 0.938. The average molecular weight is 534 g/mol. The highest BCUT2D eigenvalue weighted by molar-refractivity contribution is 5.85. The number of piperazine rings is 1. The number of hydrogen-bond donors (Lipinski definition) is 0. The zero-order chi connectivity index (χ0) is 25.9. The molecular formula is C31H52ClN3O2. The number of Topliss-reactive ketones (excluding diaryl/α,β-unsaturated/α-hetero) is 1. The van der Waals surface area contributed by atoms with Gasteiger partial charge in [0.25, 0.3) is 0 Å². The number of nitrogens with zero attached hydrogens (tertiary/aromatic N) is 3. The Morgan fingerprint density at radius 3 is 2.11 bits per heavy atom. The van der Waals surface area contributed by atoms with Gasteiger partial charge in [0.1, 0.15) is 5.78 Å². The third-order valence-electron chi connectivity index (χ3n) is 8.72. The fourth-order valence-corrected chi connectivity index (χ4v) is 7.44. The standard InChI is InChI=1S/C31H51N3O2.ClH/c1-7-26(35)22-32-15-17-34(18-16-32)29-10-9-25(33-13-11-27(12-14-33)36-8-2)19-28(29)24-20-30(3,4)23-31(5,6)21-24;/h9-10,19,24,27H,7-8,11-18,20-23H2,1-6H3;1H. The number of halogens is 1. The fourth-order valence-electron chi connectivity index (χ4n) is 7.44. The smallest absolute Gasteiger partial charge is 0.146 e. The number of rotatable bonds is 8. The van der Waals surface area contributed by atoms with E-state index in [4.69, 9.17) is 4.74 Å². The summed E-state index contributed by atoms with van der Waals surface area (Å²) in [4.78, 5) is 19.5. The molecular weight excluding hydrogens is 482 g/mol. The van der Waals surface area contributed by atoms with Crippen LogP contribution >= 0.6 is 12.4 Å². The Morgan fingerprint density at radius 2 is 1.54 bits per heavy atom. The molecule has 0 amide bonds. The first-order valence-electron chi connectivity index (χ1n) is 14.6. The molecule has 1 saturated carbocycles. The van der Waals surface area contributed by atoms with Crippen molar-refractivity contribution in [3.8, 4) is 0 Å². The molecule has 0 radical (unpaired) electrons. The highest BCUT2D eigenvalue weighted by Crippen LogP contribution is 2.53. The summed E-state index contributed by atoms with van der Waals surface area (Å²) in [5, 5.41) is 0. The summed E-state index contributed by atoms with van der Waals surface area (Å²) in [6, 6.07) is 7.33. The molecule has 2 aliphatic heterocycles. The number of carbonyl (C=O) groups excluding carboxylic acids is 1. The van der Waals surface area contributed by atoms with E-state index in [0.717, 1.165) is 58.7 Å². The van der Waals surface area contributed by atoms with Gasteiger partial charge in [-0.25, -0.2) is 0 Å². The van der Waals surface area contributed by atoms with E-state index in [9.17, 15) is 4.79 Å². The van der Waals surface area contributed by atoms with E-state index in [1.165, 1.54) is 30.6 Å². The molecule has 0 unspecified atom stereocenters. The van der Waals surface area contributed by atoms with Crippen molar-refractivity contribution in [1.82, 2.24) is 4.90 Å². The second-order valence-electron chi connectivity index (χ2n) is 13.2. The van der Waals surface area contributed by atoms with Crippen LogP contribution in [0.15, 0.2) is 18.2 Å². The van der Waals surface area contributed by atoms with Crippen molar-refractivity contribution in [2.24, 2.45) is 10.8 Å². The molecule has 5 nitrogen and oxygen atoms in total. The summed E-state index contributed by atoms with van der Waals surface area (Å²) in [7, 11) is 0. The Morgan fingerprint density at radius 1 is 0.919 bits per heavy atom. The van der Waals surface area contributed by atoms with Crippen molar-refractivity contribution < 1.29 is 9.53 Å². The van der Waals surface area contributed by atoms with E-state index < -0.39 is 0 Å². The lowest BCUT2D eigenvalue weighted by Crippen LogP contribution is -2.48. The molecule has 3 fully saturated rings. The van der Waals surface area contributed by atoms with E-state index in [2.05, 4.69) is 67.5 Å². The minimum atomic E-state index is 0. The maximum absolute atomic E-state index is 12.0. The van der Waals surface area contributed by atoms with E-state index >= 15 is 0 Å². The first kappa shape index (κ1) is 30.2. The molecule has 0 atom stereocenters. The Kier molecular flexibility index (Phi) is 10.4. The van der Waals surface area contributed by atoms with Gasteiger partial charge in [0, 0.05) is 63.7 Å². The lowest BCUT2D eigenvalue weighted by molar-refractivity contribution is -0.119. The molecule has 3 aliphatic rings. The molecule has 0 spiro atoms. The van der Waals surface area contributed by atoms with Crippen molar-refractivity contribution >= 4 is 29.6 Å². The van der Waals surface area contributed by atoms with Crippen LogP contribution in [-0.4, -0.2) is 69.2 Å². The first-order valence-corrected chi connectivity index (χ1v) is 14.6. The van der Waals surface area contributed by atoms with Gasteiger partial charge in [-0.1, -0.05) is 34.6 Å². The summed E-state index contributed by atoms with van der Waals surface area (Å²) in [5.41, 5.74) is 5.09. The maximum atomic E-state index is 12.0. The minimum absolute atomic E-state index is 0. The van der Waals surface area contributed by atoms with Gasteiger partial charge in [-0.15, -0.1) is 12.4 Å². The summed E-state index contributed by atoms with van der Waals surface area (Å²) in [6.07, 6.45) is 7.09. The second kappa shape index (κ2) is 12.7. The molecule has 0 N–H and O–H groups in total. The van der Waals surface area contributed by atoms with Crippen LogP contribution in [0.4, 0.5) is 11.4 Å². The van der Waals surface area contributed by atoms with Gasteiger partial charge in [0.05, 0.1) is 12.6 Å². The van der Waals surface area contributed by atoms with Crippen LogP contribution in [0.25, 0.3) is 0 Å². The zero-order valence-corrected chi connectivity index (χ0v) is 25.2.